The molecule has 0 aliphatic carbocycles. The van der Waals surface area contributed by atoms with Crippen LogP contribution in [0.15, 0.2) is 58.8 Å². The lowest BCUT2D eigenvalue weighted by atomic mass is 10.2. The van der Waals surface area contributed by atoms with Gasteiger partial charge in [0.1, 0.15) is 0 Å². The lowest BCUT2D eigenvalue weighted by molar-refractivity contribution is -0.113. The first-order chi connectivity index (χ1) is 14.0. The first-order valence-electron chi connectivity index (χ1n) is 8.33. The van der Waals surface area contributed by atoms with E-state index in [1.54, 1.807) is 13.8 Å². The molecule has 6 nitrogen and oxygen atoms in total. The van der Waals surface area contributed by atoms with E-state index in [0.29, 0.717) is 22.5 Å². The van der Waals surface area contributed by atoms with Crippen molar-refractivity contribution in [3.63, 3.8) is 0 Å². The number of carbonyl (C=O) groups is 2. The first kappa shape index (κ1) is 23.9. The summed E-state index contributed by atoms with van der Waals surface area (Å²) in [5, 5.41) is 14.0. The number of nitrogens with one attached hydrogen (secondary N) is 2. The third-order valence-corrected chi connectivity index (χ3v) is 4.78. The molecule has 0 unspecified atom stereocenters. The quantitative estimate of drug-likeness (QED) is 0.323. The number of amides is 2. The number of rotatable bonds is 6. The summed E-state index contributed by atoms with van der Waals surface area (Å²) in [6, 6.07) is 5.93. The predicted octanol–water partition coefficient (Wildman–Crippen LogP) is 7.74. The van der Waals surface area contributed by atoms with Crippen molar-refractivity contribution in [3.8, 4) is 0 Å². The lowest BCUT2D eigenvalue weighted by Gasteiger charge is -2.10. The van der Waals surface area contributed by atoms with Gasteiger partial charge in [0.25, 0.3) is 11.8 Å². The molecule has 2 amide bonds. The Labute approximate surface area is 193 Å². The number of halogens is 4. The SMILES string of the molecule is C=C(C)C(=O)Nc1c(Cl)cc(/N=N/c2cc(Cl)c(NC(=O)C(=C)C)c(Cl)c2)cc1Cl. The average Bonchev–Trinajstić information content (AvgIpc) is 2.65. The van der Waals surface area contributed by atoms with Crippen LogP contribution in [0.3, 0.4) is 0 Å². The predicted molar refractivity (Wildman–Crippen MR) is 124 cm³/mol. The molecule has 2 rings (SSSR count). The molecule has 0 heterocycles. The number of hydrogen-bond donors (Lipinski definition) is 2. The Morgan fingerprint density at radius 2 is 0.967 bits per heavy atom. The molecule has 0 aliphatic rings. The summed E-state index contributed by atoms with van der Waals surface area (Å²) in [7, 11) is 0. The molecular weight excluding hydrogens is 470 g/mol. The van der Waals surface area contributed by atoms with Crippen LogP contribution in [0.4, 0.5) is 22.7 Å². The van der Waals surface area contributed by atoms with Gasteiger partial charge >= 0.3 is 0 Å². The Balaban J connectivity index is 2.27. The van der Waals surface area contributed by atoms with E-state index in [1.807, 2.05) is 0 Å². The molecule has 30 heavy (non-hydrogen) atoms. The maximum Gasteiger partial charge on any atom is 0.250 e. The minimum absolute atomic E-state index is 0.181. The van der Waals surface area contributed by atoms with Crippen molar-refractivity contribution >= 4 is 81.0 Å². The third-order valence-electron chi connectivity index (χ3n) is 3.59. The van der Waals surface area contributed by atoms with E-state index in [4.69, 9.17) is 46.4 Å². The zero-order valence-electron chi connectivity index (χ0n) is 15.9. The molecule has 2 aromatic carbocycles. The van der Waals surface area contributed by atoms with Crippen molar-refractivity contribution in [2.75, 3.05) is 10.6 Å². The summed E-state index contributed by atoms with van der Waals surface area (Å²) in [5.74, 6) is -0.812. The first-order valence-corrected chi connectivity index (χ1v) is 9.84. The van der Waals surface area contributed by atoms with Crippen LogP contribution in [0.25, 0.3) is 0 Å². The van der Waals surface area contributed by atoms with Crippen molar-refractivity contribution in [1.82, 2.24) is 0 Å². The fourth-order valence-electron chi connectivity index (χ4n) is 2.03. The van der Waals surface area contributed by atoms with Gasteiger partial charge in [0.15, 0.2) is 0 Å². The summed E-state index contributed by atoms with van der Waals surface area (Å²) in [4.78, 5) is 23.6. The van der Waals surface area contributed by atoms with Gasteiger partial charge in [-0.05, 0) is 38.1 Å². The summed E-state index contributed by atoms with van der Waals surface area (Å²) in [5.41, 5.74) is 1.78. The van der Waals surface area contributed by atoms with E-state index in [9.17, 15) is 9.59 Å². The monoisotopic (exact) mass is 484 g/mol. The number of anilines is 2. The largest absolute Gasteiger partial charge is 0.320 e. The Kier molecular flexibility index (Phi) is 8.03. The Hall–Kier alpha value is -2.38. The number of hydrogen-bond acceptors (Lipinski definition) is 4. The van der Waals surface area contributed by atoms with Crippen LogP contribution in [-0.4, -0.2) is 11.8 Å². The van der Waals surface area contributed by atoms with E-state index in [2.05, 4.69) is 34.0 Å². The molecule has 0 spiro atoms. The molecule has 0 aromatic heterocycles. The standard InChI is InChI=1S/C20H16Cl4N4O2/c1-9(2)19(29)25-17-13(21)5-11(6-14(17)22)27-28-12-7-15(23)18(16(24)8-12)26-20(30)10(3)4/h5-8H,1,3H2,2,4H3,(H,25,29)(H,26,30)/b28-27+. The Morgan fingerprint density at radius 3 is 1.20 bits per heavy atom. The van der Waals surface area contributed by atoms with Gasteiger partial charge < -0.3 is 10.6 Å². The van der Waals surface area contributed by atoms with Crippen LogP contribution in [0.2, 0.25) is 20.1 Å². The highest BCUT2D eigenvalue weighted by Crippen LogP contribution is 2.38. The molecule has 0 saturated carbocycles. The zero-order valence-corrected chi connectivity index (χ0v) is 19.0. The van der Waals surface area contributed by atoms with Gasteiger partial charge in [0, 0.05) is 11.1 Å². The van der Waals surface area contributed by atoms with Gasteiger partial charge in [-0.15, -0.1) is 0 Å². The van der Waals surface area contributed by atoms with Crippen LogP contribution in [0.1, 0.15) is 13.8 Å². The summed E-state index contributed by atoms with van der Waals surface area (Å²) in [6.45, 7) is 10.2. The summed E-state index contributed by atoms with van der Waals surface area (Å²) < 4.78 is 0. The number of nitrogens with zero attached hydrogens (tertiary/aromatic N) is 2. The van der Waals surface area contributed by atoms with E-state index in [-0.39, 0.29) is 31.5 Å². The van der Waals surface area contributed by atoms with Crippen molar-refractivity contribution in [2.45, 2.75) is 13.8 Å². The van der Waals surface area contributed by atoms with Crippen molar-refractivity contribution in [3.05, 3.63) is 68.7 Å². The summed E-state index contributed by atoms with van der Waals surface area (Å²) in [6.07, 6.45) is 0. The van der Waals surface area contributed by atoms with Crippen LogP contribution >= 0.6 is 46.4 Å². The second-order valence-corrected chi connectivity index (χ2v) is 7.87. The van der Waals surface area contributed by atoms with E-state index in [1.165, 1.54) is 24.3 Å². The summed E-state index contributed by atoms with van der Waals surface area (Å²) >= 11 is 24.8. The average molecular weight is 486 g/mol. The maximum absolute atomic E-state index is 11.8. The van der Waals surface area contributed by atoms with Crippen molar-refractivity contribution in [2.24, 2.45) is 10.2 Å². The minimum Gasteiger partial charge on any atom is -0.320 e. The van der Waals surface area contributed by atoms with E-state index >= 15 is 0 Å². The molecule has 2 N–H and O–H groups in total. The highest BCUT2D eigenvalue weighted by atomic mass is 35.5. The maximum atomic E-state index is 11.8. The second kappa shape index (κ2) is 10.1. The van der Waals surface area contributed by atoms with E-state index < -0.39 is 11.8 Å². The molecule has 156 valence electrons. The molecule has 10 heteroatoms. The van der Waals surface area contributed by atoms with Gasteiger partial charge in [-0.3, -0.25) is 9.59 Å². The van der Waals surface area contributed by atoms with Crippen molar-refractivity contribution in [1.29, 1.82) is 0 Å². The molecule has 0 saturated heterocycles. The topological polar surface area (TPSA) is 82.9 Å². The van der Waals surface area contributed by atoms with Crippen LogP contribution in [-0.2, 0) is 9.59 Å². The minimum atomic E-state index is -0.406. The smallest absolute Gasteiger partial charge is 0.250 e. The molecule has 0 bridgehead atoms. The van der Waals surface area contributed by atoms with Gasteiger partial charge in [-0.2, -0.15) is 10.2 Å². The molecule has 0 fully saturated rings. The zero-order chi connectivity index (χ0) is 22.6. The van der Waals surface area contributed by atoms with Gasteiger partial charge in [-0.1, -0.05) is 59.6 Å². The number of benzene rings is 2. The lowest BCUT2D eigenvalue weighted by Crippen LogP contribution is -2.12. The number of azo groups is 1. The van der Waals surface area contributed by atoms with Crippen molar-refractivity contribution < 1.29 is 9.59 Å². The fourth-order valence-corrected chi connectivity index (χ4v) is 3.17. The fraction of sp³-hybridized carbons (Fsp3) is 0.100. The molecule has 0 radical (unpaired) electrons. The normalized spacial score (nSPS) is 10.7. The molecule has 0 atom stereocenters. The molecule has 0 aliphatic heterocycles. The van der Waals surface area contributed by atoms with Crippen LogP contribution < -0.4 is 10.6 Å². The number of carbonyl (C=O) groups excluding carboxylic acids is 2. The van der Waals surface area contributed by atoms with Gasteiger partial charge in [-0.25, -0.2) is 0 Å². The highest BCUT2D eigenvalue weighted by Gasteiger charge is 2.14. The second-order valence-electron chi connectivity index (χ2n) is 6.24. The van der Waals surface area contributed by atoms with Crippen LogP contribution in [0.5, 0.6) is 0 Å². The Bertz CT molecular complexity index is 965. The molecule has 2 aromatic rings. The third kappa shape index (κ3) is 6.06. The highest BCUT2D eigenvalue weighted by molar-refractivity contribution is 6.41. The van der Waals surface area contributed by atoms with Crippen LogP contribution in [0, 0.1) is 0 Å². The van der Waals surface area contributed by atoms with Gasteiger partial charge in [0.2, 0.25) is 0 Å². The van der Waals surface area contributed by atoms with E-state index in [0.717, 1.165) is 0 Å². The Morgan fingerprint density at radius 1 is 0.700 bits per heavy atom. The molecular formula is C20H16Cl4N4O2. The van der Waals surface area contributed by atoms with Gasteiger partial charge in [0.05, 0.1) is 42.8 Å².